The second kappa shape index (κ2) is 8.79. The van der Waals surface area contributed by atoms with Gasteiger partial charge in [-0.25, -0.2) is 4.79 Å². The Labute approximate surface area is 209 Å². The minimum absolute atomic E-state index is 0.0452. The molecule has 3 aromatic rings. The second-order valence-corrected chi connectivity index (χ2v) is 10.3. The lowest BCUT2D eigenvalue weighted by atomic mass is 9.62. The van der Waals surface area contributed by atoms with Crippen molar-refractivity contribution >= 4 is 11.9 Å². The number of nitrogens with one attached hydrogen (secondary N) is 1. The standard InChI is InChI=1S/C26H30N6O4/c1-16(2)17-5-7-19(8-6-17)26(35,25(3)14-31(4)15-25)20-9-18(10-27-11-20)23-29-21(36-30-23)13-32-22(33)12-28-24(32)34/h5-11,16,35H,12-15H2,1-4H3,(H,28,34)/t26-/m0/s1. The van der Waals surface area contributed by atoms with Crippen molar-refractivity contribution in [1.29, 1.82) is 0 Å². The molecular weight excluding hydrogens is 460 g/mol. The first-order valence-corrected chi connectivity index (χ1v) is 12.0. The molecule has 10 heteroatoms. The van der Waals surface area contributed by atoms with Gasteiger partial charge >= 0.3 is 6.03 Å². The molecule has 1 atom stereocenters. The lowest BCUT2D eigenvalue weighted by Crippen LogP contribution is -2.63. The van der Waals surface area contributed by atoms with E-state index in [4.69, 9.17) is 4.52 Å². The maximum Gasteiger partial charge on any atom is 0.325 e. The Morgan fingerprint density at radius 2 is 1.89 bits per heavy atom. The molecule has 0 spiro atoms. The highest BCUT2D eigenvalue weighted by Gasteiger charge is 2.55. The number of hydrogen-bond donors (Lipinski definition) is 2. The fraction of sp³-hybridized carbons (Fsp3) is 0.423. The first kappa shape index (κ1) is 24.1. The molecule has 2 saturated heterocycles. The highest BCUT2D eigenvalue weighted by molar-refractivity contribution is 6.01. The van der Waals surface area contributed by atoms with Gasteiger partial charge in [-0.05, 0) is 30.2 Å². The molecule has 1 aromatic carbocycles. The van der Waals surface area contributed by atoms with E-state index in [1.165, 1.54) is 5.56 Å². The Kier molecular flexibility index (Phi) is 5.88. The molecule has 10 nitrogen and oxygen atoms in total. The van der Waals surface area contributed by atoms with E-state index in [1.807, 2.05) is 25.2 Å². The smallest absolute Gasteiger partial charge is 0.325 e. The Morgan fingerprint density at radius 3 is 2.50 bits per heavy atom. The summed E-state index contributed by atoms with van der Waals surface area (Å²) in [6.07, 6.45) is 3.28. The number of rotatable bonds is 7. The predicted octanol–water partition coefficient (Wildman–Crippen LogP) is 2.49. The number of benzene rings is 1. The van der Waals surface area contributed by atoms with Crippen molar-refractivity contribution in [3.63, 3.8) is 0 Å². The van der Waals surface area contributed by atoms with Gasteiger partial charge in [-0.2, -0.15) is 4.98 Å². The minimum atomic E-state index is -1.30. The molecule has 2 fully saturated rings. The van der Waals surface area contributed by atoms with Crippen LogP contribution in [0, 0.1) is 5.41 Å². The third kappa shape index (κ3) is 3.96. The lowest BCUT2D eigenvalue weighted by Gasteiger charge is -2.55. The van der Waals surface area contributed by atoms with Gasteiger partial charge in [0, 0.05) is 42.0 Å². The number of pyridine rings is 1. The molecule has 36 heavy (non-hydrogen) atoms. The van der Waals surface area contributed by atoms with Gasteiger partial charge in [-0.15, -0.1) is 0 Å². The van der Waals surface area contributed by atoms with E-state index >= 15 is 0 Å². The quantitative estimate of drug-likeness (QED) is 0.484. The van der Waals surface area contributed by atoms with Crippen LogP contribution in [0.3, 0.4) is 0 Å². The Balaban J connectivity index is 1.50. The molecule has 4 heterocycles. The van der Waals surface area contributed by atoms with Gasteiger partial charge in [-0.3, -0.25) is 14.7 Å². The zero-order valence-corrected chi connectivity index (χ0v) is 20.9. The maximum absolute atomic E-state index is 12.4. The zero-order chi connectivity index (χ0) is 25.7. The Bertz CT molecular complexity index is 1280. The van der Waals surface area contributed by atoms with Crippen LogP contribution in [0.1, 0.15) is 49.3 Å². The molecule has 188 valence electrons. The SMILES string of the molecule is CC(C)c1ccc([C@](O)(c2cncc(-c3noc(CN4C(=O)CNC4=O)n3)c2)C2(C)CN(C)C2)cc1. The van der Waals surface area contributed by atoms with Crippen LogP contribution in [0.25, 0.3) is 11.4 Å². The van der Waals surface area contributed by atoms with E-state index < -0.39 is 17.0 Å². The van der Waals surface area contributed by atoms with Crippen molar-refractivity contribution in [2.75, 3.05) is 26.7 Å². The average Bonchev–Trinajstić information content (AvgIpc) is 3.45. The summed E-state index contributed by atoms with van der Waals surface area (Å²) in [5.74, 6) is 0.431. The van der Waals surface area contributed by atoms with Crippen LogP contribution in [-0.4, -0.2) is 68.7 Å². The lowest BCUT2D eigenvalue weighted by molar-refractivity contribution is -0.127. The van der Waals surface area contributed by atoms with Crippen LogP contribution < -0.4 is 5.32 Å². The van der Waals surface area contributed by atoms with Crippen molar-refractivity contribution < 1.29 is 19.2 Å². The summed E-state index contributed by atoms with van der Waals surface area (Å²) in [5.41, 5.74) is 1.46. The number of carbonyl (C=O) groups excluding carboxylic acids is 2. The monoisotopic (exact) mass is 490 g/mol. The first-order valence-electron chi connectivity index (χ1n) is 12.0. The van der Waals surface area contributed by atoms with E-state index in [1.54, 1.807) is 12.4 Å². The number of hydrogen-bond acceptors (Lipinski definition) is 8. The van der Waals surface area contributed by atoms with E-state index in [0.717, 1.165) is 23.6 Å². The summed E-state index contributed by atoms with van der Waals surface area (Å²) >= 11 is 0. The third-order valence-electron chi connectivity index (χ3n) is 7.22. The van der Waals surface area contributed by atoms with Crippen molar-refractivity contribution in [1.82, 2.24) is 30.2 Å². The molecule has 0 unspecified atom stereocenters. The summed E-state index contributed by atoms with van der Waals surface area (Å²) in [4.78, 5) is 35.7. The van der Waals surface area contributed by atoms with Gasteiger partial charge in [-0.1, -0.05) is 50.2 Å². The van der Waals surface area contributed by atoms with Crippen molar-refractivity contribution in [2.24, 2.45) is 5.41 Å². The second-order valence-electron chi connectivity index (χ2n) is 10.3. The van der Waals surface area contributed by atoms with Crippen LogP contribution in [-0.2, 0) is 16.9 Å². The summed E-state index contributed by atoms with van der Waals surface area (Å²) < 4.78 is 5.31. The van der Waals surface area contributed by atoms with Crippen molar-refractivity contribution in [2.45, 2.75) is 38.8 Å². The highest BCUT2D eigenvalue weighted by Crippen LogP contribution is 2.50. The van der Waals surface area contributed by atoms with E-state index in [2.05, 4.69) is 58.2 Å². The van der Waals surface area contributed by atoms with Gasteiger partial charge in [0.25, 0.3) is 5.91 Å². The Hall–Kier alpha value is -3.63. The van der Waals surface area contributed by atoms with Crippen molar-refractivity contribution in [3.8, 4) is 11.4 Å². The highest BCUT2D eigenvalue weighted by atomic mass is 16.5. The summed E-state index contributed by atoms with van der Waals surface area (Å²) in [6, 6.07) is 9.46. The summed E-state index contributed by atoms with van der Waals surface area (Å²) in [5, 5.41) is 18.9. The normalized spacial score (nSPS) is 19.3. The first-order chi connectivity index (χ1) is 17.1. The van der Waals surface area contributed by atoms with Crippen LogP contribution >= 0.6 is 0 Å². The molecule has 5 rings (SSSR count). The molecule has 2 aliphatic heterocycles. The number of amides is 3. The fourth-order valence-electron chi connectivity index (χ4n) is 5.29. The van der Waals surface area contributed by atoms with Crippen LogP contribution in [0.4, 0.5) is 4.79 Å². The van der Waals surface area contributed by atoms with Crippen LogP contribution in [0.2, 0.25) is 0 Å². The Morgan fingerprint density at radius 1 is 1.17 bits per heavy atom. The van der Waals surface area contributed by atoms with Crippen LogP contribution in [0.15, 0.2) is 47.2 Å². The van der Waals surface area contributed by atoms with E-state index in [9.17, 15) is 14.7 Å². The average molecular weight is 491 g/mol. The van der Waals surface area contributed by atoms with Gasteiger partial charge in [0.1, 0.15) is 12.1 Å². The molecule has 2 N–H and O–H groups in total. The third-order valence-corrected chi connectivity index (χ3v) is 7.22. The predicted molar refractivity (Wildman–Crippen MR) is 131 cm³/mol. The van der Waals surface area contributed by atoms with E-state index in [0.29, 0.717) is 17.0 Å². The minimum Gasteiger partial charge on any atom is -0.380 e. The van der Waals surface area contributed by atoms with Crippen LogP contribution in [0.5, 0.6) is 0 Å². The zero-order valence-electron chi connectivity index (χ0n) is 20.9. The van der Waals surface area contributed by atoms with Gasteiger partial charge < -0.3 is 19.8 Å². The number of imide groups is 1. The number of aliphatic hydroxyl groups is 1. The molecule has 0 radical (unpaired) electrons. The fourth-order valence-corrected chi connectivity index (χ4v) is 5.29. The maximum atomic E-state index is 12.4. The summed E-state index contributed by atoms with van der Waals surface area (Å²) in [6.45, 7) is 7.65. The topological polar surface area (TPSA) is 125 Å². The van der Waals surface area contributed by atoms with Gasteiger partial charge in [0.2, 0.25) is 11.7 Å². The number of likely N-dealkylation sites (tertiary alicyclic amines) is 1. The number of aromatic nitrogens is 3. The molecule has 0 saturated carbocycles. The molecule has 0 aliphatic carbocycles. The number of nitrogens with zero attached hydrogens (tertiary/aromatic N) is 5. The number of carbonyl (C=O) groups is 2. The molecule has 0 bridgehead atoms. The molecule has 2 aliphatic rings. The van der Waals surface area contributed by atoms with E-state index in [-0.39, 0.29) is 30.7 Å². The molecule has 2 aromatic heterocycles. The largest absolute Gasteiger partial charge is 0.380 e. The summed E-state index contributed by atoms with van der Waals surface area (Å²) in [7, 11) is 2.03. The molecular formula is C26H30N6O4. The van der Waals surface area contributed by atoms with Gasteiger partial charge in [0.15, 0.2) is 0 Å². The number of urea groups is 1. The molecule has 3 amide bonds. The van der Waals surface area contributed by atoms with Crippen molar-refractivity contribution in [3.05, 3.63) is 65.3 Å². The van der Waals surface area contributed by atoms with Gasteiger partial charge in [0.05, 0.1) is 6.54 Å².